The van der Waals surface area contributed by atoms with Crippen LogP contribution in [0, 0.1) is 11.6 Å². The molecular formula is C23H22F2N2O3. The van der Waals surface area contributed by atoms with Gasteiger partial charge in [0.05, 0.1) is 30.6 Å². The molecule has 156 valence electrons. The van der Waals surface area contributed by atoms with E-state index in [1.807, 2.05) is 12.1 Å². The monoisotopic (exact) mass is 412 g/mol. The molecule has 1 aliphatic carbocycles. The average Bonchev–Trinajstić information content (AvgIpc) is 3.58. The Morgan fingerprint density at radius 3 is 2.43 bits per heavy atom. The van der Waals surface area contributed by atoms with Gasteiger partial charge in [-0.05, 0) is 50.1 Å². The Kier molecular flexibility index (Phi) is 5.28. The van der Waals surface area contributed by atoms with Crippen molar-refractivity contribution in [3.8, 4) is 5.75 Å². The summed E-state index contributed by atoms with van der Waals surface area (Å²) in [5, 5.41) is 0.347. The van der Waals surface area contributed by atoms with E-state index >= 15 is 0 Å². The Morgan fingerprint density at radius 1 is 1.17 bits per heavy atom. The van der Waals surface area contributed by atoms with Crippen molar-refractivity contribution in [1.82, 2.24) is 4.98 Å². The third-order valence-corrected chi connectivity index (χ3v) is 5.27. The van der Waals surface area contributed by atoms with Crippen molar-refractivity contribution in [3.05, 3.63) is 59.3 Å². The van der Waals surface area contributed by atoms with Gasteiger partial charge in [0.1, 0.15) is 11.3 Å². The van der Waals surface area contributed by atoms with E-state index in [4.69, 9.17) is 9.47 Å². The van der Waals surface area contributed by atoms with E-state index in [1.54, 1.807) is 38.1 Å². The van der Waals surface area contributed by atoms with Crippen LogP contribution in [0.25, 0.3) is 10.9 Å². The molecule has 2 aromatic carbocycles. The van der Waals surface area contributed by atoms with Crippen molar-refractivity contribution in [2.75, 3.05) is 25.7 Å². The lowest BCUT2D eigenvalue weighted by atomic mass is 10.0. The molecule has 1 aliphatic rings. The number of aromatic nitrogens is 1. The molecule has 5 nitrogen and oxygen atoms in total. The standard InChI is InChI=1S/C23H22F2N2O3/c1-4-30-23(28)20-21(13-5-6-13)26-19-12-18(25)17(24)11-16(19)22(20)27(2)14-7-9-15(29-3)10-8-14/h7-13H,4-6H2,1-3H3. The molecule has 0 aliphatic heterocycles. The first-order valence-electron chi connectivity index (χ1n) is 9.82. The fourth-order valence-electron chi connectivity index (χ4n) is 3.60. The first-order chi connectivity index (χ1) is 14.4. The molecule has 3 aromatic rings. The number of fused-ring (bicyclic) bond motifs is 1. The smallest absolute Gasteiger partial charge is 0.342 e. The molecule has 0 spiro atoms. The van der Waals surface area contributed by atoms with Crippen LogP contribution in [0.3, 0.4) is 0 Å². The molecule has 1 saturated carbocycles. The molecule has 0 saturated heterocycles. The zero-order valence-electron chi connectivity index (χ0n) is 17.0. The fourth-order valence-corrected chi connectivity index (χ4v) is 3.60. The maximum Gasteiger partial charge on any atom is 0.342 e. The largest absolute Gasteiger partial charge is 0.497 e. The van der Waals surface area contributed by atoms with Gasteiger partial charge in [-0.1, -0.05) is 0 Å². The summed E-state index contributed by atoms with van der Waals surface area (Å²) in [5.74, 6) is -1.70. The van der Waals surface area contributed by atoms with Crippen LogP contribution >= 0.6 is 0 Å². The van der Waals surface area contributed by atoms with Crippen molar-refractivity contribution >= 4 is 28.2 Å². The van der Waals surface area contributed by atoms with Gasteiger partial charge >= 0.3 is 5.97 Å². The Bertz CT molecular complexity index is 1110. The van der Waals surface area contributed by atoms with Crippen molar-refractivity contribution < 1.29 is 23.0 Å². The van der Waals surface area contributed by atoms with Gasteiger partial charge in [-0.3, -0.25) is 4.98 Å². The van der Waals surface area contributed by atoms with Gasteiger partial charge < -0.3 is 14.4 Å². The summed E-state index contributed by atoms with van der Waals surface area (Å²) in [4.78, 5) is 19.3. The second kappa shape index (κ2) is 7.89. The molecule has 1 heterocycles. The van der Waals surface area contributed by atoms with Gasteiger partial charge in [-0.2, -0.15) is 0 Å². The molecule has 7 heteroatoms. The number of methoxy groups -OCH3 is 1. The number of hydrogen-bond donors (Lipinski definition) is 0. The third-order valence-electron chi connectivity index (χ3n) is 5.27. The number of benzene rings is 2. The highest BCUT2D eigenvalue weighted by atomic mass is 19.2. The van der Waals surface area contributed by atoms with Gasteiger partial charge in [0.2, 0.25) is 0 Å². The zero-order valence-corrected chi connectivity index (χ0v) is 17.0. The van der Waals surface area contributed by atoms with Crippen molar-refractivity contribution in [2.24, 2.45) is 0 Å². The Labute approximate surface area is 173 Å². The maximum atomic E-state index is 14.2. The molecular weight excluding hydrogens is 390 g/mol. The van der Waals surface area contributed by atoms with E-state index < -0.39 is 17.6 Å². The molecule has 4 rings (SSSR count). The van der Waals surface area contributed by atoms with Gasteiger partial charge in [0, 0.05) is 30.1 Å². The topological polar surface area (TPSA) is 51.7 Å². The molecule has 30 heavy (non-hydrogen) atoms. The predicted molar refractivity (Wildman–Crippen MR) is 111 cm³/mol. The maximum absolute atomic E-state index is 14.2. The van der Waals surface area contributed by atoms with Crippen LogP contribution < -0.4 is 9.64 Å². The quantitative estimate of drug-likeness (QED) is 0.511. The molecule has 0 atom stereocenters. The summed E-state index contributed by atoms with van der Waals surface area (Å²) >= 11 is 0. The lowest BCUT2D eigenvalue weighted by Crippen LogP contribution is -2.19. The lowest BCUT2D eigenvalue weighted by molar-refractivity contribution is 0.0525. The fraction of sp³-hybridized carbons (Fsp3) is 0.304. The zero-order chi connectivity index (χ0) is 21.4. The second-order valence-electron chi connectivity index (χ2n) is 7.26. The van der Waals surface area contributed by atoms with E-state index in [2.05, 4.69) is 4.98 Å². The number of carbonyl (C=O) groups excluding carboxylic acids is 1. The Balaban J connectivity index is 2.00. The van der Waals surface area contributed by atoms with Crippen LogP contribution in [0.2, 0.25) is 0 Å². The van der Waals surface area contributed by atoms with Crippen molar-refractivity contribution in [3.63, 3.8) is 0 Å². The van der Waals surface area contributed by atoms with Crippen LogP contribution in [0.5, 0.6) is 5.75 Å². The number of nitrogens with zero attached hydrogens (tertiary/aromatic N) is 2. The molecule has 1 aromatic heterocycles. The summed E-state index contributed by atoms with van der Waals surface area (Å²) in [6.07, 6.45) is 1.78. The summed E-state index contributed by atoms with van der Waals surface area (Å²) in [6.45, 7) is 1.93. The number of esters is 1. The van der Waals surface area contributed by atoms with Crippen LogP contribution in [0.4, 0.5) is 20.2 Å². The van der Waals surface area contributed by atoms with E-state index in [-0.39, 0.29) is 12.5 Å². The Morgan fingerprint density at radius 2 is 1.83 bits per heavy atom. The summed E-state index contributed by atoms with van der Waals surface area (Å²) in [5.41, 5.74) is 2.38. The van der Waals surface area contributed by atoms with E-state index in [0.29, 0.717) is 33.6 Å². The highest BCUT2D eigenvalue weighted by Crippen LogP contribution is 2.46. The summed E-state index contributed by atoms with van der Waals surface area (Å²) in [7, 11) is 3.35. The average molecular weight is 412 g/mol. The first kappa shape index (κ1) is 20.1. The van der Waals surface area contributed by atoms with E-state index in [0.717, 1.165) is 30.7 Å². The Hall–Kier alpha value is -3.22. The minimum atomic E-state index is -0.998. The third kappa shape index (κ3) is 3.56. The number of ether oxygens (including phenoxy) is 2. The van der Waals surface area contributed by atoms with E-state index in [1.165, 1.54) is 0 Å². The number of anilines is 2. The van der Waals surface area contributed by atoms with Gasteiger partial charge in [0.25, 0.3) is 0 Å². The number of pyridine rings is 1. The van der Waals surface area contributed by atoms with Crippen molar-refractivity contribution in [2.45, 2.75) is 25.7 Å². The highest BCUT2D eigenvalue weighted by Gasteiger charge is 2.34. The molecule has 0 bridgehead atoms. The summed E-state index contributed by atoms with van der Waals surface area (Å²) < 4.78 is 38.7. The highest BCUT2D eigenvalue weighted by molar-refractivity contribution is 6.08. The summed E-state index contributed by atoms with van der Waals surface area (Å²) in [6, 6.07) is 9.42. The van der Waals surface area contributed by atoms with Gasteiger partial charge in [0.15, 0.2) is 11.6 Å². The van der Waals surface area contributed by atoms with Crippen LogP contribution in [-0.2, 0) is 4.74 Å². The minimum absolute atomic E-state index is 0.102. The molecule has 1 fully saturated rings. The predicted octanol–water partition coefficient (Wildman–Crippen LogP) is 5.34. The number of halogens is 2. The number of carbonyl (C=O) groups is 1. The van der Waals surface area contributed by atoms with Gasteiger partial charge in [-0.25, -0.2) is 13.6 Å². The molecule has 0 N–H and O–H groups in total. The molecule has 0 amide bonds. The van der Waals surface area contributed by atoms with Crippen molar-refractivity contribution in [1.29, 1.82) is 0 Å². The van der Waals surface area contributed by atoms with Gasteiger partial charge in [-0.15, -0.1) is 0 Å². The van der Waals surface area contributed by atoms with Crippen LogP contribution in [0.15, 0.2) is 36.4 Å². The first-order valence-corrected chi connectivity index (χ1v) is 9.82. The normalized spacial score (nSPS) is 13.4. The molecule has 0 radical (unpaired) electrons. The van der Waals surface area contributed by atoms with Crippen LogP contribution in [-0.4, -0.2) is 31.7 Å². The lowest BCUT2D eigenvalue weighted by Gasteiger charge is -2.25. The minimum Gasteiger partial charge on any atom is -0.497 e. The SMILES string of the molecule is CCOC(=O)c1c(C2CC2)nc2cc(F)c(F)cc2c1N(C)c1ccc(OC)cc1. The number of rotatable bonds is 6. The number of hydrogen-bond acceptors (Lipinski definition) is 5. The van der Waals surface area contributed by atoms with Crippen LogP contribution in [0.1, 0.15) is 41.7 Å². The molecule has 0 unspecified atom stereocenters. The second-order valence-corrected chi connectivity index (χ2v) is 7.26. The van der Waals surface area contributed by atoms with E-state index in [9.17, 15) is 13.6 Å².